The van der Waals surface area contributed by atoms with E-state index in [-0.39, 0.29) is 0 Å². The molecule has 2 aromatic rings. The van der Waals surface area contributed by atoms with Gasteiger partial charge in [0.15, 0.2) is 5.82 Å². The molecule has 3 rings (SSSR count). The lowest BCUT2D eigenvalue weighted by Crippen LogP contribution is -2.43. The van der Waals surface area contributed by atoms with E-state index in [1.807, 2.05) is 17.8 Å². The fourth-order valence-corrected chi connectivity index (χ4v) is 2.82. The van der Waals surface area contributed by atoms with Crippen molar-refractivity contribution in [2.24, 2.45) is 7.05 Å². The topological polar surface area (TPSA) is 33.1 Å². The van der Waals surface area contributed by atoms with Crippen LogP contribution >= 0.6 is 15.9 Å². The van der Waals surface area contributed by atoms with Crippen molar-refractivity contribution in [2.75, 3.05) is 31.1 Å². The van der Waals surface area contributed by atoms with Gasteiger partial charge in [0.2, 0.25) is 0 Å². The Bertz CT molecular complexity index is 573. The second-order valence-electron chi connectivity index (χ2n) is 4.76. The molecule has 0 spiro atoms. The normalized spacial score (nSPS) is 15.8. The molecule has 5 heteroatoms. The standard InChI is InChI=1S/C14H17BrN4/c1-18-13(11-3-2-4-12(15)9-11)10-14(17-18)19-7-5-16-6-8-19/h2-4,9-10,16H,5-8H2,1H3. The molecule has 4 nitrogen and oxygen atoms in total. The number of aryl methyl sites for hydroxylation is 1. The van der Waals surface area contributed by atoms with Crippen LogP contribution in [0.2, 0.25) is 0 Å². The molecular formula is C14H17BrN4. The highest BCUT2D eigenvalue weighted by Gasteiger charge is 2.15. The van der Waals surface area contributed by atoms with Crippen LogP contribution in [0.1, 0.15) is 0 Å². The fourth-order valence-electron chi connectivity index (χ4n) is 2.42. The molecule has 1 aromatic heterocycles. The summed E-state index contributed by atoms with van der Waals surface area (Å²) in [4.78, 5) is 2.33. The molecule has 1 fully saturated rings. The summed E-state index contributed by atoms with van der Waals surface area (Å²) in [5.41, 5.74) is 2.33. The third-order valence-corrected chi connectivity index (χ3v) is 3.92. The Morgan fingerprint density at radius 2 is 2.00 bits per heavy atom. The van der Waals surface area contributed by atoms with Crippen LogP contribution in [0.25, 0.3) is 11.3 Å². The lowest BCUT2D eigenvalue weighted by Gasteiger charge is -2.27. The van der Waals surface area contributed by atoms with E-state index in [9.17, 15) is 0 Å². The van der Waals surface area contributed by atoms with Gasteiger partial charge in [-0.2, -0.15) is 5.10 Å². The lowest BCUT2D eigenvalue weighted by atomic mass is 10.1. The van der Waals surface area contributed by atoms with Crippen molar-refractivity contribution >= 4 is 21.7 Å². The summed E-state index contributed by atoms with van der Waals surface area (Å²) in [5.74, 6) is 1.07. The van der Waals surface area contributed by atoms with E-state index < -0.39 is 0 Å². The number of nitrogens with zero attached hydrogens (tertiary/aromatic N) is 3. The van der Waals surface area contributed by atoms with E-state index in [2.05, 4.69) is 55.5 Å². The first-order chi connectivity index (χ1) is 9.24. The van der Waals surface area contributed by atoms with E-state index in [1.54, 1.807) is 0 Å². The number of anilines is 1. The van der Waals surface area contributed by atoms with Gasteiger partial charge in [0.25, 0.3) is 0 Å². The molecule has 1 N–H and O–H groups in total. The van der Waals surface area contributed by atoms with Gasteiger partial charge in [0.1, 0.15) is 0 Å². The predicted octanol–water partition coefficient (Wildman–Crippen LogP) is 2.26. The highest BCUT2D eigenvalue weighted by Crippen LogP contribution is 2.26. The van der Waals surface area contributed by atoms with Crippen LogP contribution in [0, 0.1) is 0 Å². The third kappa shape index (κ3) is 2.67. The molecule has 0 unspecified atom stereocenters. The minimum absolute atomic E-state index is 1.02. The maximum absolute atomic E-state index is 4.64. The molecular weight excluding hydrogens is 304 g/mol. The minimum atomic E-state index is 1.02. The molecule has 1 aromatic carbocycles. The average molecular weight is 321 g/mol. The monoisotopic (exact) mass is 320 g/mol. The molecule has 2 heterocycles. The highest BCUT2D eigenvalue weighted by atomic mass is 79.9. The minimum Gasteiger partial charge on any atom is -0.353 e. The molecule has 0 saturated carbocycles. The highest BCUT2D eigenvalue weighted by molar-refractivity contribution is 9.10. The van der Waals surface area contributed by atoms with Crippen molar-refractivity contribution in [3.05, 3.63) is 34.8 Å². The third-order valence-electron chi connectivity index (χ3n) is 3.43. The maximum Gasteiger partial charge on any atom is 0.151 e. The SMILES string of the molecule is Cn1nc(N2CCNCC2)cc1-c1cccc(Br)c1. The van der Waals surface area contributed by atoms with Gasteiger partial charge >= 0.3 is 0 Å². The Morgan fingerprint density at radius 3 is 2.74 bits per heavy atom. The van der Waals surface area contributed by atoms with Gasteiger partial charge in [-0.1, -0.05) is 28.1 Å². The second-order valence-corrected chi connectivity index (χ2v) is 5.67. The average Bonchev–Trinajstić information content (AvgIpc) is 2.82. The summed E-state index contributed by atoms with van der Waals surface area (Å²) in [6.07, 6.45) is 0. The van der Waals surface area contributed by atoms with Gasteiger partial charge in [-0.05, 0) is 12.1 Å². The van der Waals surface area contributed by atoms with Crippen LogP contribution in [-0.4, -0.2) is 36.0 Å². The van der Waals surface area contributed by atoms with E-state index >= 15 is 0 Å². The van der Waals surface area contributed by atoms with Crippen LogP contribution < -0.4 is 10.2 Å². The van der Waals surface area contributed by atoms with Crippen molar-refractivity contribution in [3.8, 4) is 11.3 Å². The zero-order valence-corrected chi connectivity index (χ0v) is 12.5. The molecule has 1 aliphatic rings. The van der Waals surface area contributed by atoms with Crippen molar-refractivity contribution in [1.29, 1.82) is 0 Å². The molecule has 0 radical (unpaired) electrons. The number of benzene rings is 1. The lowest BCUT2D eigenvalue weighted by molar-refractivity contribution is 0.581. The second kappa shape index (κ2) is 5.35. The van der Waals surface area contributed by atoms with Gasteiger partial charge in [-0.25, -0.2) is 0 Å². The first-order valence-electron chi connectivity index (χ1n) is 6.50. The van der Waals surface area contributed by atoms with E-state index in [4.69, 9.17) is 0 Å². The zero-order chi connectivity index (χ0) is 13.2. The first kappa shape index (κ1) is 12.7. The summed E-state index contributed by atoms with van der Waals surface area (Å²) >= 11 is 3.52. The molecule has 0 bridgehead atoms. The molecule has 0 atom stereocenters. The molecule has 0 aliphatic carbocycles. The summed E-state index contributed by atoms with van der Waals surface area (Å²) in [7, 11) is 2.00. The van der Waals surface area contributed by atoms with E-state index in [0.29, 0.717) is 0 Å². The Balaban J connectivity index is 1.92. The summed E-state index contributed by atoms with van der Waals surface area (Å²) < 4.78 is 3.05. The van der Waals surface area contributed by atoms with Gasteiger partial charge in [0.05, 0.1) is 5.69 Å². The number of rotatable bonds is 2. The largest absolute Gasteiger partial charge is 0.353 e. The molecule has 100 valence electrons. The van der Waals surface area contributed by atoms with Crippen molar-refractivity contribution in [3.63, 3.8) is 0 Å². The van der Waals surface area contributed by atoms with Gasteiger partial charge in [0, 0.05) is 49.3 Å². The quantitative estimate of drug-likeness (QED) is 0.921. The van der Waals surface area contributed by atoms with Gasteiger partial charge in [-0.3, -0.25) is 4.68 Å². The van der Waals surface area contributed by atoms with Crippen molar-refractivity contribution in [2.45, 2.75) is 0 Å². The van der Waals surface area contributed by atoms with Gasteiger partial charge in [-0.15, -0.1) is 0 Å². The Hall–Kier alpha value is -1.33. The summed E-state index contributed by atoms with van der Waals surface area (Å²) in [6.45, 7) is 4.11. The van der Waals surface area contributed by atoms with Crippen molar-refractivity contribution < 1.29 is 0 Å². The van der Waals surface area contributed by atoms with Crippen molar-refractivity contribution in [1.82, 2.24) is 15.1 Å². The smallest absolute Gasteiger partial charge is 0.151 e. The number of aromatic nitrogens is 2. The number of nitrogens with one attached hydrogen (secondary N) is 1. The zero-order valence-electron chi connectivity index (χ0n) is 10.9. The number of hydrogen-bond donors (Lipinski definition) is 1. The van der Waals surface area contributed by atoms with E-state index in [0.717, 1.165) is 42.2 Å². The number of halogens is 1. The van der Waals surface area contributed by atoms with Gasteiger partial charge < -0.3 is 10.2 Å². The molecule has 19 heavy (non-hydrogen) atoms. The molecule has 0 amide bonds. The number of piperazine rings is 1. The van der Waals surface area contributed by atoms with Crippen LogP contribution in [-0.2, 0) is 7.05 Å². The Morgan fingerprint density at radius 1 is 1.21 bits per heavy atom. The molecule has 1 saturated heterocycles. The van der Waals surface area contributed by atoms with Crippen LogP contribution in [0.3, 0.4) is 0 Å². The fraction of sp³-hybridized carbons (Fsp3) is 0.357. The Labute approximate surface area is 121 Å². The Kier molecular flexibility index (Phi) is 3.57. The molecule has 1 aliphatic heterocycles. The number of hydrogen-bond acceptors (Lipinski definition) is 3. The summed E-state index contributed by atoms with van der Waals surface area (Å²) in [6, 6.07) is 10.5. The predicted molar refractivity (Wildman–Crippen MR) is 81.4 cm³/mol. The van der Waals surface area contributed by atoms with E-state index in [1.165, 1.54) is 5.56 Å². The summed E-state index contributed by atoms with van der Waals surface area (Å²) in [5, 5.41) is 8.00. The first-order valence-corrected chi connectivity index (χ1v) is 7.29. The van der Waals surface area contributed by atoms with Crippen LogP contribution in [0.15, 0.2) is 34.8 Å². The van der Waals surface area contributed by atoms with Crippen LogP contribution in [0.5, 0.6) is 0 Å². The van der Waals surface area contributed by atoms with Crippen LogP contribution in [0.4, 0.5) is 5.82 Å². The maximum atomic E-state index is 4.64.